The van der Waals surface area contributed by atoms with Gasteiger partial charge in [0, 0.05) is 6.54 Å². The molecule has 0 spiro atoms. The standard InChI is InChI=1S/C7H15NO3.ClH/c1-7(2,5(9)4-8)6(10)11-3;/h5,9H,4,8H2,1-3H3;1H. The van der Waals surface area contributed by atoms with E-state index in [-0.39, 0.29) is 19.0 Å². The first-order valence-corrected chi connectivity index (χ1v) is 3.43. The van der Waals surface area contributed by atoms with Crippen LogP contribution in [0.3, 0.4) is 0 Å². The molecule has 74 valence electrons. The minimum atomic E-state index is -0.913. The van der Waals surface area contributed by atoms with Gasteiger partial charge in [-0.3, -0.25) is 4.79 Å². The normalized spacial score (nSPS) is 13.1. The number of esters is 1. The summed E-state index contributed by atoms with van der Waals surface area (Å²) in [5.41, 5.74) is 4.28. The minimum Gasteiger partial charge on any atom is -0.469 e. The number of halogens is 1. The van der Waals surface area contributed by atoms with Crippen LogP contribution < -0.4 is 5.73 Å². The molecule has 0 bridgehead atoms. The average Bonchev–Trinajstić information content (AvgIpc) is 2.01. The maximum atomic E-state index is 11.0. The van der Waals surface area contributed by atoms with Crippen LogP contribution >= 0.6 is 12.4 Å². The molecule has 12 heavy (non-hydrogen) atoms. The van der Waals surface area contributed by atoms with Gasteiger partial charge in [0.15, 0.2) is 0 Å². The second-order valence-electron chi connectivity index (χ2n) is 2.96. The van der Waals surface area contributed by atoms with E-state index in [4.69, 9.17) is 5.73 Å². The van der Waals surface area contributed by atoms with Crippen molar-refractivity contribution in [2.75, 3.05) is 13.7 Å². The van der Waals surface area contributed by atoms with Crippen molar-refractivity contribution in [1.82, 2.24) is 0 Å². The molecule has 1 unspecified atom stereocenters. The Bertz CT molecular complexity index is 150. The highest BCUT2D eigenvalue weighted by atomic mass is 35.5. The lowest BCUT2D eigenvalue weighted by Gasteiger charge is -2.26. The molecule has 0 amide bonds. The zero-order valence-corrected chi connectivity index (χ0v) is 8.35. The van der Waals surface area contributed by atoms with Crippen molar-refractivity contribution in [1.29, 1.82) is 0 Å². The topological polar surface area (TPSA) is 72.5 Å². The molecule has 0 aliphatic heterocycles. The molecule has 0 radical (unpaired) electrons. The molecule has 0 aliphatic carbocycles. The monoisotopic (exact) mass is 197 g/mol. The van der Waals surface area contributed by atoms with Crippen LogP contribution in [0.15, 0.2) is 0 Å². The van der Waals surface area contributed by atoms with Crippen molar-refractivity contribution in [3.63, 3.8) is 0 Å². The third kappa shape index (κ3) is 2.97. The number of nitrogens with two attached hydrogens (primary N) is 1. The van der Waals surface area contributed by atoms with Gasteiger partial charge in [-0.25, -0.2) is 0 Å². The summed E-state index contributed by atoms with van der Waals surface area (Å²) in [6.45, 7) is 3.24. The molecule has 0 aromatic heterocycles. The van der Waals surface area contributed by atoms with Gasteiger partial charge in [0.05, 0.1) is 18.6 Å². The molecule has 0 rings (SSSR count). The summed E-state index contributed by atoms with van der Waals surface area (Å²) in [4.78, 5) is 11.0. The molecule has 0 aliphatic rings. The van der Waals surface area contributed by atoms with E-state index >= 15 is 0 Å². The zero-order valence-electron chi connectivity index (χ0n) is 7.53. The van der Waals surface area contributed by atoms with Crippen LogP contribution in [0.25, 0.3) is 0 Å². The van der Waals surface area contributed by atoms with Gasteiger partial charge in [-0.15, -0.1) is 12.4 Å². The first-order chi connectivity index (χ1) is 4.96. The first kappa shape index (κ1) is 14.2. The molecule has 0 heterocycles. The van der Waals surface area contributed by atoms with Crippen LogP contribution in [0.4, 0.5) is 0 Å². The summed E-state index contributed by atoms with van der Waals surface area (Å²) >= 11 is 0. The van der Waals surface area contributed by atoms with Gasteiger partial charge in [0.25, 0.3) is 0 Å². The van der Waals surface area contributed by atoms with Crippen molar-refractivity contribution < 1.29 is 14.6 Å². The predicted molar refractivity (Wildman–Crippen MR) is 48.1 cm³/mol. The van der Waals surface area contributed by atoms with Gasteiger partial charge in [-0.1, -0.05) is 0 Å². The molecule has 4 nitrogen and oxygen atoms in total. The fourth-order valence-corrected chi connectivity index (χ4v) is 0.694. The Labute approximate surface area is 78.5 Å². The van der Waals surface area contributed by atoms with Crippen LogP contribution in [0.2, 0.25) is 0 Å². The van der Waals surface area contributed by atoms with Gasteiger partial charge in [-0.2, -0.15) is 0 Å². The fourth-order valence-electron chi connectivity index (χ4n) is 0.694. The third-order valence-corrected chi connectivity index (χ3v) is 1.77. The minimum absolute atomic E-state index is 0. The molecule has 3 N–H and O–H groups in total. The van der Waals surface area contributed by atoms with E-state index in [9.17, 15) is 9.90 Å². The van der Waals surface area contributed by atoms with E-state index in [2.05, 4.69) is 4.74 Å². The molecule has 1 atom stereocenters. The van der Waals surface area contributed by atoms with Gasteiger partial charge in [0.2, 0.25) is 0 Å². The lowest BCUT2D eigenvalue weighted by Crippen LogP contribution is -2.42. The largest absolute Gasteiger partial charge is 0.469 e. The van der Waals surface area contributed by atoms with Crippen molar-refractivity contribution in [3.8, 4) is 0 Å². The number of aliphatic hydroxyl groups is 1. The quantitative estimate of drug-likeness (QED) is 0.622. The van der Waals surface area contributed by atoms with Crippen molar-refractivity contribution in [3.05, 3.63) is 0 Å². The molecule has 5 heteroatoms. The molecule has 0 saturated heterocycles. The summed E-state index contributed by atoms with van der Waals surface area (Å²) in [5.74, 6) is -0.449. The number of aliphatic hydroxyl groups excluding tert-OH is 1. The Balaban J connectivity index is 0. The highest BCUT2D eigenvalue weighted by Crippen LogP contribution is 2.21. The number of ether oxygens (including phenoxy) is 1. The smallest absolute Gasteiger partial charge is 0.313 e. The van der Waals surface area contributed by atoms with Gasteiger partial charge in [-0.05, 0) is 13.8 Å². The Kier molecular flexibility index (Phi) is 6.34. The number of hydrogen-bond donors (Lipinski definition) is 2. The lowest BCUT2D eigenvalue weighted by molar-refractivity contribution is -0.156. The summed E-state index contributed by atoms with van der Waals surface area (Å²) in [5, 5.41) is 9.26. The van der Waals surface area contributed by atoms with E-state index in [0.717, 1.165) is 0 Å². The Morgan fingerprint density at radius 1 is 1.67 bits per heavy atom. The molecule has 0 aromatic rings. The molecular weight excluding hydrogens is 182 g/mol. The van der Waals surface area contributed by atoms with Crippen LogP contribution in [0.5, 0.6) is 0 Å². The van der Waals surface area contributed by atoms with E-state index in [1.807, 2.05) is 0 Å². The second-order valence-corrected chi connectivity index (χ2v) is 2.96. The molecule has 0 saturated carbocycles. The maximum absolute atomic E-state index is 11.0. The van der Waals surface area contributed by atoms with Crippen molar-refractivity contribution in [2.45, 2.75) is 20.0 Å². The second kappa shape index (κ2) is 5.35. The highest BCUT2D eigenvalue weighted by Gasteiger charge is 2.35. The summed E-state index contributed by atoms with van der Waals surface area (Å²) in [7, 11) is 1.29. The summed E-state index contributed by atoms with van der Waals surface area (Å²) in [6.07, 6.45) is -0.852. The van der Waals surface area contributed by atoms with Gasteiger partial charge >= 0.3 is 5.97 Å². The predicted octanol–water partition coefficient (Wildman–Crippen LogP) is -0.0730. The third-order valence-electron chi connectivity index (χ3n) is 1.77. The van der Waals surface area contributed by atoms with E-state index in [1.165, 1.54) is 7.11 Å². The number of carbonyl (C=O) groups excluding carboxylic acids is 1. The summed E-state index contributed by atoms with van der Waals surface area (Å²) < 4.78 is 4.48. The SMILES string of the molecule is COC(=O)C(C)(C)C(O)CN.Cl. The first-order valence-electron chi connectivity index (χ1n) is 3.43. The lowest BCUT2D eigenvalue weighted by atomic mass is 9.87. The molecule has 0 aromatic carbocycles. The van der Waals surface area contributed by atoms with Crippen molar-refractivity contribution in [2.24, 2.45) is 11.1 Å². The zero-order chi connectivity index (χ0) is 9.07. The molecule has 0 fully saturated rings. The maximum Gasteiger partial charge on any atom is 0.313 e. The number of rotatable bonds is 3. The van der Waals surface area contributed by atoms with E-state index < -0.39 is 17.5 Å². The Hall–Kier alpha value is -0.320. The fraction of sp³-hybridized carbons (Fsp3) is 0.857. The van der Waals surface area contributed by atoms with Crippen LogP contribution in [0, 0.1) is 5.41 Å². The van der Waals surface area contributed by atoms with Gasteiger partial charge in [0.1, 0.15) is 0 Å². The average molecular weight is 198 g/mol. The van der Waals surface area contributed by atoms with Crippen LogP contribution in [0.1, 0.15) is 13.8 Å². The van der Waals surface area contributed by atoms with E-state index in [0.29, 0.717) is 0 Å². The highest BCUT2D eigenvalue weighted by molar-refractivity contribution is 5.85. The van der Waals surface area contributed by atoms with E-state index in [1.54, 1.807) is 13.8 Å². The van der Waals surface area contributed by atoms with Crippen LogP contribution in [-0.4, -0.2) is 30.8 Å². The number of carbonyl (C=O) groups is 1. The van der Waals surface area contributed by atoms with Crippen molar-refractivity contribution >= 4 is 18.4 Å². The number of methoxy groups -OCH3 is 1. The van der Waals surface area contributed by atoms with Gasteiger partial charge < -0.3 is 15.6 Å². The molecular formula is C7H16ClNO3. The Morgan fingerprint density at radius 3 is 2.33 bits per heavy atom. The van der Waals surface area contributed by atoms with Crippen LogP contribution in [-0.2, 0) is 9.53 Å². The number of hydrogen-bond acceptors (Lipinski definition) is 4. The Morgan fingerprint density at radius 2 is 2.08 bits per heavy atom. The summed E-state index contributed by atoms with van der Waals surface area (Å²) in [6, 6.07) is 0.